The van der Waals surface area contributed by atoms with Gasteiger partial charge in [0.1, 0.15) is 6.61 Å². The summed E-state index contributed by atoms with van der Waals surface area (Å²) in [5.74, 6) is -0.229. The first-order chi connectivity index (χ1) is 7.72. The topological polar surface area (TPSA) is 83.8 Å². The van der Waals surface area contributed by atoms with Crippen molar-refractivity contribution >= 4 is 5.97 Å². The van der Waals surface area contributed by atoms with Crippen LogP contribution < -0.4 is 0 Å². The van der Waals surface area contributed by atoms with E-state index in [1.807, 2.05) is 0 Å². The van der Waals surface area contributed by atoms with E-state index in [4.69, 9.17) is 14.1 Å². The molecule has 0 saturated heterocycles. The Morgan fingerprint density at radius 3 is 2.06 bits per heavy atom. The van der Waals surface area contributed by atoms with Crippen LogP contribution in [-0.2, 0) is 29.1 Å². The number of hydrogen-bond acceptors (Lipinski definition) is 5. The molecule has 0 bridgehead atoms. The molecule has 0 aromatic heterocycles. The molecule has 0 saturated carbocycles. The van der Waals surface area contributed by atoms with E-state index in [9.17, 15) is 4.79 Å². The number of rotatable bonds is 6. The third-order valence-corrected chi connectivity index (χ3v) is 1.24. The summed E-state index contributed by atoms with van der Waals surface area (Å²) in [6, 6.07) is 0. The third-order valence-electron chi connectivity index (χ3n) is 1.24. The van der Waals surface area contributed by atoms with Gasteiger partial charge in [0.25, 0.3) is 0 Å². The van der Waals surface area contributed by atoms with Gasteiger partial charge in [-0.05, 0) is 6.42 Å². The molecule has 5 nitrogen and oxygen atoms in total. The molecule has 0 fully saturated rings. The van der Waals surface area contributed by atoms with Gasteiger partial charge in [-0.2, -0.15) is 6.42 Å². The van der Waals surface area contributed by atoms with Crippen molar-refractivity contribution in [2.75, 3.05) is 19.8 Å². The number of ether oxygens (including phenoxy) is 1. The normalized spacial score (nSPS) is 8.06. The van der Waals surface area contributed by atoms with Gasteiger partial charge in [0.05, 0.1) is 6.61 Å². The second kappa shape index (κ2) is 24.1. The van der Waals surface area contributed by atoms with E-state index in [1.54, 1.807) is 0 Å². The number of carbonyl (C=O) groups excluding carboxylic acids is 1. The minimum atomic E-state index is -0.229. The van der Waals surface area contributed by atoms with E-state index >= 15 is 0 Å². The molecule has 0 spiro atoms. The fraction of sp³-hybridized carbons (Fsp3) is 0.700. The minimum absolute atomic E-state index is 0. The Morgan fingerprint density at radius 2 is 1.69 bits per heavy atom. The molecule has 0 heterocycles. The molecule has 2 N–H and O–H groups in total. The molecule has 0 unspecified atom stereocenters. The number of aliphatic hydroxyl groups is 2. The van der Waals surface area contributed by atoms with Gasteiger partial charge < -0.3 is 28.8 Å². The van der Waals surface area contributed by atoms with Crippen LogP contribution in [0.15, 0.2) is 0 Å². The third kappa shape index (κ3) is 29.2. The van der Waals surface area contributed by atoms with E-state index in [0.29, 0.717) is 6.42 Å². The summed E-state index contributed by atoms with van der Waals surface area (Å²) in [6.07, 6.45) is 3.07. The van der Waals surface area contributed by atoms with Crippen molar-refractivity contribution in [3.05, 3.63) is 13.8 Å². The number of esters is 1. The van der Waals surface area contributed by atoms with Gasteiger partial charge in [0.15, 0.2) is 0 Å². The molecule has 0 rings (SSSR count). The number of aliphatic hydroxyl groups excluding tert-OH is 2. The van der Waals surface area contributed by atoms with Crippen LogP contribution in [0.25, 0.3) is 0 Å². The second-order valence-corrected chi connectivity index (χ2v) is 2.48. The Balaban J connectivity index is -0.000000289. The predicted molar refractivity (Wildman–Crippen MR) is 55.0 cm³/mol. The molecule has 0 atom stereocenters. The van der Waals surface area contributed by atoms with E-state index in [-0.39, 0.29) is 25.8 Å². The monoisotopic (exact) mass is 279 g/mol. The fourth-order valence-corrected chi connectivity index (χ4v) is 0.678. The summed E-state index contributed by atoms with van der Waals surface area (Å²) in [5.41, 5.74) is 0. The van der Waals surface area contributed by atoms with Gasteiger partial charge in [-0.1, -0.05) is 13.0 Å². The molecular weight excluding hydrogens is 259 g/mol. The summed E-state index contributed by atoms with van der Waals surface area (Å²) in [5, 5.41) is 15.8. The Morgan fingerprint density at radius 1 is 1.19 bits per heavy atom. The fourth-order valence-electron chi connectivity index (χ4n) is 0.678. The van der Waals surface area contributed by atoms with Crippen molar-refractivity contribution in [3.63, 3.8) is 0 Å². The first-order valence-electron chi connectivity index (χ1n) is 4.82. The van der Waals surface area contributed by atoms with E-state index in [0.717, 1.165) is 19.3 Å². The van der Waals surface area contributed by atoms with Crippen LogP contribution in [0, 0.1) is 13.8 Å². The molecule has 0 aliphatic rings. The average molecular weight is 279 g/mol. The molecule has 6 heteroatoms. The summed E-state index contributed by atoms with van der Waals surface area (Å²) >= 11 is 2.31. The number of carbonyl (C=O) groups is 1. The van der Waals surface area contributed by atoms with Crippen LogP contribution >= 0.6 is 0 Å². The zero-order valence-corrected chi connectivity index (χ0v) is 10.4. The van der Waals surface area contributed by atoms with Gasteiger partial charge in [0.2, 0.25) is 0 Å². The second-order valence-electron chi connectivity index (χ2n) is 2.48. The van der Waals surface area contributed by atoms with Crippen LogP contribution in [0.1, 0.15) is 25.7 Å². The maximum absolute atomic E-state index is 10.7. The van der Waals surface area contributed by atoms with Crippen LogP contribution in [0.2, 0.25) is 0 Å². The van der Waals surface area contributed by atoms with Crippen molar-refractivity contribution in [2.24, 2.45) is 0 Å². The van der Waals surface area contributed by atoms with Crippen LogP contribution in [0.5, 0.6) is 0 Å². The molecule has 0 aliphatic carbocycles. The van der Waals surface area contributed by atoms with Crippen molar-refractivity contribution in [3.8, 4) is 0 Å². The Labute approximate surface area is 105 Å². The SMILES string of the molecule is [CH2-]CCCCC(=O)OCCO.[CH2-]CO.[O]=[Co]. The quantitative estimate of drug-likeness (QED) is 0.423. The van der Waals surface area contributed by atoms with Gasteiger partial charge >= 0.3 is 25.5 Å². The van der Waals surface area contributed by atoms with Gasteiger partial charge in [-0.3, -0.25) is 4.79 Å². The Hall–Kier alpha value is -0.304. The van der Waals surface area contributed by atoms with Crippen molar-refractivity contribution in [1.29, 1.82) is 0 Å². The predicted octanol–water partition coefficient (Wildman–Crippen LogP) is 0.608. The summed E-state index contributed by atoms with van der Waals surface area (Å²) < 4.78 is 12.6. The molecule has 0 radical (unpaired) electrons. The standard InChI is InChI=1S/C8H15O3.C2H5O.Co.O/c1-2-3-4-5-8(10)11-7-6-9;1-2-3;;/h9H,1-7H2;3H,1-2H2;;/q2*-1;;. The first kappa shape index (κ1) is 21.0. The molecule has 101 valence electrons. The Bertz CT molecular complexity index is 132. The summed E-state index contributed by atoms with van der Waals surface area (Å²) in [6.45, 7) is 6.71. The zero-order valence-electron chi connectivity index (χ0n) is 9.32. The number of hydrogen-bond donors (Lipinski definition) is 2. The Kier molecular flexibility index (Phi) is 31.7. The van der Waals surface area contributed by atoms with Crippen LogP contribution in [0.3, 0.4) is 0 Å². The molecule has 0 amide bonds. The van der Waals surface area contributed by atoms with Gasteiger partial charge in [-0.15, -0.1) is 0 Å². The molecular formula is C10H20CoO5-2. The van der Waals surface area contributed by atoms with Crippen molar-refractivity contribution in [1.82, 2.24) is 0 Å². The summed E-state index contributed by atoms with van der Waals surface area (Å²) in [7, 11) is 0. The zero-order chi connectivity index (χ0) is 13.2. The average Bonchev–Trinajstić information content (AvgIpc) is 2.30. The molecule has 0 aromatic rings. The van der Waals surface area contributed by atoms with Crippen LogP contribution in [0.4, 0.5) is 0 Å². The summed E-state index contributed by atoms with van der Waals surface area (Å²) in [4.78, 5) is 10.7. The van der Waals surface area contributed by atoms with Crippen molar-refractivity contribution in [2.45, 2.75) is 25.7 Å². The van der Waals surface area contributed by atoms with E-state index in [1.165, 1.54) is 0 Å². The molecule has 16 heavy (non-hydrogen) atoms. The van der Waals surface area contributed by atoms with Crippen LogP contribution in [-0.4, -0.2) is 36.0 Å². The van der Waals surface area contributed by atoms with Crippen molar-refractivity contribution < 1.29 is 39.3 Å². The van der Waals surface area contributed by atoms with Gasteiger partial charge in [-0.25, -0.2) is 0 Å². The molecule has 0 aliphatic heterocycles. The van der Waals surface area contributed by atoms with Gasteiger partial charge in [0, 0.05) is 6.42 Å². The van der Waals surface area contributed by atoms with E-state index in [2.05, 4.69) is 34.3 Å². The first-order valence-corrected chi connectivity index (χ1v) is 5.24. The maximum atomic E-state index is 10.7. The number of unbranched alkanes of at least 4 members (excludes halogenated alkanes) is 2. The molecule has 0 aromatic carbocycles. The van der Waals surface area contributed by atoms with E-state index < -0.39 is 0 Å².